The molecule has 2 aromatic carbocycles. The molecule has 0 aromatic heterocycles. The Hall–Kier alpha value is -2.18. The van der Waals surface area contributed by atoms with E-state index in [0.717, 1.165) is 18.4 Å². The summed E-state index contributed by atoms with van der Waals surface area (Å²) in [6.45, 7) is 0.650. The monoisotopic (exact) mass is 380 g/mol. The molecule has 0 radical (unpaired) electrons. The van der Waals surface area contributed by atoms with Gasteiger partial charge in [0, 0.05) is 6.54 Å². The number of carbonyl (C=O) groups excluding carboxylic acids is 1. The zero-order chi connectivity index (χ0) is 18.2. The second-order valence-corrected chi connectivity index (χ2v) is 6.11. The number of hydrogen-bond acceptors (Lipinski definition) is 3. The number of methoxy groups -OCH3 is 1. The van der Waals surface area contributed by atoms with Gasteiger partial charge in [0.05, 0.1) is 23.4 Å². The van der Waals surface area contributed by atoms with E-state index in [9.17, 15) is 9.18 Å². The molecule has 0 spiro atoms. The molecule has 0 atom stereocenters. The van der Waals surface area contributed by atoms with Gasteiger partial charge in [-0.15, -0.1) is 0 Å². The van der Waals surface area contributed by atoms with Crippen molar-refractivity contribution in [2.45, 2.75) is 12.8 Å². The van der Waals surface area contributed by atoms with Crippen LogP contribution in [0.5, 0.6) is 0 Å². The summed E-state index contributed by atoms with van der Waals surface area (Å²) >= 11 is 11.3. The Bertz CT molecular complexity index is 753. The Kier molecular flexibility index (Phi) is 7.16. The standard InChI is InChI=1S/C18H18ClFN2O2S/c1-24-17(23)13-6-9-15(19)16(11-13)22-18(25)21-10-2-3-12-4-7-14(20)8-5-12/h4-9,11H,2-3,10H2,1H3,(H2,21,22,25). The molecule has 0 amide bonds. The van der Waals surface area contributed by atoms with E-state index in [0.29, 0.717) is 27.9 Å². The molecule has 0 aliphatic carbocycles. The van der Waals surface area contributed by atoms with Gasteiger partial charge in [0.1, 0.15) is 5.82 Å². The zero-order valence-corrected chi connectivity index (χ0v) is 15.2. The Morgan fingerprint density at radius 1 is 1.24 bits per heavy atom. The van der Waals surface area contributed by atoms with Crippen molar-refractivity contribution in [2.24, 2.45) is 0 Å². The number of nitrogens with one attached hydrogen (secondary N) is 2. The van der Waals surface area contributed by atoms with Crippen molar-refractivity contribution in [1.29, 1.82) is 0 Å². The topological polar surface area (TPSA) is 50.4 Å². The molecule has 0 unspecified atom stereocenters. The summed E-state index contributed by atoms with van der Waals surface area (Å²) in [5.41, 5.74) is 1.98. The lowest BCUT2D eigenvalue weighted by Crippen LogP contribution is -2.29. The third-order valence-electron chi connectivity index (χ3n) is 3.48. The molecule has 0 aliphatic rings. The number of hydrogen-bond donors (Lipinski definition) is 2. The van der Waals surface area contributed by atoms with Crippen LogP contribution in [0.15, 0.2) is 42.5 Å². The SMILES string of the molecule is COC(=O)c1ccc(Cl)c(NC(=S)NCCCc2ccc(F)cc2)c1. The first-order valence-corrected chi connectivity index (χ1v) is 8.45. The van der Waals surface area contributed by atoms with Gasteiger partial charge >= 0.3 is 5.97 Å². The highest BCUT2D eigenvalue weighted by Crippen LogP contribution is 2.23. The average Bonchev–Trinajstić information content (AvgIpc) is 2.61. The van der Waals surface area contributed by atoms with Crippen molar-refractivity contribution in [2.75, 3.05) is 19.0 Å². The number of aryl methyl sites for hydroxylation is 1. The van der Waals surface area contributed by atoms with Crippen LogP contribution in [0.2, 0.25) is 5.02 Å². The maximum Gasteiger partial charge on any atom is 0.337 e. The molecule has 0 bridgehead atoms. The minimum atomic E-state index is -0.446. The van der Waals surface area contributed by atoms with Crippen molar-refractivity contribution in [1.82, 2.24) is 5.32 Å². The van der Waals surface area contributed by atoms with Crippen LogP contribution in [0.3, 0.4) is 0 Å². The number of carbonyl (C=O) groups is 1. The molecular formula is C18H18ClFN2O2S. The highest BCUT2D eigenvalue weighted by atomic mass is 35.5. The van der Waals surface area contributed by atoms with Crippen molar-refractivity contribution in [3.63, 3.8) is 0 Å². The molecule has 7 heteroatoms. The predicted octanol–water partition coefficient (Wildman–Crippen LogP) is 4.18. The van der Waals surface area contributed by atoms with Crippen LogP contribution >= 0.6 is 23.8 Å². The van der Waals surface area contributed by atoms with E-state index in [1.165, 1.54) is 19.2 Å². The molecule has 0 aliphatic heterocycles. The number of rotatable bonds is 6. The quantitative estimate of drug-likeness (QED) is 0.447. The second-order valence-electron chi connectivity index (χ2n) is 5.30. The molecule has 0 heterocycles. The van der Waals surface area contributed by atoms with Gasteiger partial charge in [0.2, 0.25) is 0 Å². The lowest BCUT2D eigenvalue weighted by atomic mass is 10.1. The van der Waals surface area contributed by atoms with Crippen molar-refractivity contribution >= 4 is 40.6 Å². The van der Waals surface area contributed by atoms with E-state index in [1.807, 2.05) is 0 Å². The number of benzene rings is 2. The molecule has 2 aromatic rings. The van der Waals surface area contributed by atoms with Crippen molar-refractivity contribution in [3.8, 4) is 0 Å². The smallest absolute Gasteiger partial charge is 0.337 e. The highest BCUT2D eigenvalue weighted by molar-refractivity contribution is 7.80. The van der Waals surface area contributed by atoms with Gasteiger partial charge in [-0.2, -0.15) is 0 Å². The Balaban J connectivity index is 1.81. The molecular weight excluding hydrogens is 363 g/mol. The summed E-state index contributed by atoms with van der Waals surface area (Å²) in [5, 5.41) is 6.89. The second kappa shape index (κ2) is 9.34. The van der Waals surface area contributed by atoms with E-state index in [2.05, 4.69) is 15.4 Å². The molecule has 0 saturated heterocycles. The van der Waals surface area contributed by atoms with Crippen LogP contribution < -0.4 is 10.6 Å². The lowest BCUT2D eigenvalue weighted by molar-refractivity contribution is 0.0601. The van der Waals surface area contributed by atoms with E-state index in [-0.39, 0.29) is 5.82 Å². The zero-order valence-electron chi connectivity index (χ0n) is 13.6. The first-order chi connectivity index (χ1) is 12.0. The van der Waals surface area contributed by atoms with Crippen molar-refractivity contribution < 1.29 is 13.9 Å². The minimum absolute atomic E-state index is 0.238. The molecule has 4 nitrogen and oxygen atoms in total. The normalized spacial score (nSPS) is 10.2. The third kappa shape index (κ3) is 5.99. The van der Waals surface area contributed by atoms with E-state index in [1.54, 1.807) is 30.3 Å². The molecule has 2 N–H and O–H groups in total. The fourth-order valence-electron chi connectivity index (χ4n) is 2.18. The van der Waals surface area contributed by atoms with Crippen LogP contribution in [0.25, 0.3) is 0 Å². The summed E-state index contributed by atoms with van der Waals surface area (Å²) < 4.78 is 17.5. The van der Waals surface area contributed by atoms with Gasteiger partial charge in [0.15, 0.2) is 5.11 Å². The average molecular weight is 381 g/mol. The third-order valence-corrected chi connectivity index (χ3v) is 4.05. The van der Waals surface area contributed by atoms with Gasteiger partial charge in [-0.1, -0.05) is 23.7 Å². The highest BCUT2D eigenvalue weighted by Gasteiger charge is 2.09. The van der Waals surface area contributed by atoms with Gasteiger partial charge in [0.25, 0.3) is 0 Å². The maximum atomic E-state index is 12.8. The molecule has 0 saturated carbocycles. The Labute approximate surface area is 156 Å². The van der Waals surface area contributed by atoms with Gasteiger partial charge < -0.3 is 15.4 Å². The van der Waals surface area contributed by atoms with Gasteiger partial charge in [-0.25, -0.2) is 9.18 Å². The van der Waals surface area contributed by atoms with Crippen LogP contribution in [0, 0.1) is 5.82 Å². The first-order valence-electron chi connectivity index (χ1n) is 7.67. The summed E-state index contributed by atoms with van der Waals surface area (Å²) in [7, 11) is 1.32. The summed E-state index contributed by atoms with van der Waals surface area (Å²) in [6.07, 6.45) is 1.65. The largest absolute Gasteiger partial charge is 0.465 e. The fraction of sp³-hybridized carbons (Fsp3) is 0.222. The number of anilines is 1. The van der Waals surface area contributed by atoms with Gasteiger partial charge in [-0.3, -0.25) is 0 Å². The van der Waals surface area contributed by atoms with Crippen LogP contribution in [-0.4, -0.2) is 24.7 Å². The maximum absolute atomic E-state index is 12.8. The van der Waals surface area contributed by atoms with Crippen LogP contribution in [0.1, 0.15) is 22.3 Å². The number of thiocarbonyl (C=S) groups is 1. The fourth-order valence-corrected chi connectivity index (χ4v) is 2.55. The minimum Gasteiger partial charge on any atom is -0.465 e. The van der Waals surface area contributed by atoms with E-state index in [4.69, 9.17) is 23.8 Å². The summed E-state index contributed by atoms with van der Waals surface area (Å²) in [6, 6.07) is 11.2. The molecule has 2 rings (SSSR count). The number of halogens is 2. The van der Waals surface area contributed by atoms with Crippen LogP contribution in [0.4, 0.5) is 10.1 Å². The molecule has 0 fully saturated rings. The van der Waals surface area contributed by atoms with Crippen LogP contribution in [-0.2, 0) is 11.2 Å². The number of ether oxygens (including phenoxy) is 1. The Morgan fingerprint density at radius 3 is 2.64 bits per heavy atom. The summed E-state index contributed by atoms with van der Waals surface area (Å²) in [4.78, 5) is 11.6. The number of esters is 1. The van der Waals surface area contributed by atoms with Gasteiger partial charge in [-0.05, 0) is 61.0 Å². The van der Waals surface area contributed by atoms with E-state index < -0.39 is 5.97 Å². The first kappa shape index (κ1) is 19.1. The summed E-state index contributed by atoms with van der Waals surface area (Å²) in [5.74, 6) is -0.684. The Morgan fingerprint density at radius 2 is 1.96 bits per heavy atom. The lowest BCUT2D eigenvalue weighted by Gasteiger charge is -2.12. The van der Waals surface area contributed by atoms with Crippen molar-refractivity contribution in [3.05, 3.63) is 64.4 Å². The predicted molar refractivity (Wildman–Crippen MR) is 102 cm³/mol. The molecule has 132 valence electrons. The molecule has 25 heavy (non-hydrogen) atoms. The van der Waals surface area contributed by atoms with E-state index >= 15 is 0 Å².